The largest absolute Gasteiger partial charge is 0.372 e. The first-order valence-corrected chi connectivity index (χ1v) is 5.87. The summed E-state index contributed by atoms with van der Waals surface area (Å²) in [6, 6.07) is 0. The van der Waals surface area contributed by atoms with Crippen LogP contribution in [0.3, 0.4) is 0 Å². The van der Waals surface area contributed by atoms with Crippen LogP contribution in [-0.4, -0.2) is 24.5 Å². The Morgan fingerprint density at radius 2 is 2.15 bits per heavy atom. The second-order valence-corrected chi connectivity index (χ2v) is 3.92. The number of rotatable bonds is 4. The zero-order chi connectivity index (χ0) is 9.52. The standard InChI is InChI=1S/C10H17IN2/c1-2-5-10(6-7-12-11)13-8-3-4-9-13/h2,5-6,12H,3-4,7-9H2,1H3/b5-2-,10-6+. The Balaban J connectivity index is 2.54. The number of hydrogen-bond acceptors (Lipinski definition) is 2. The van der Waals surface area contributed by atoms with E-state index < -0.39 is 0 Å². The molecule has 13 heavy (non-hydrogen) atoms. The van der Waals surface area contributed by atoms with E-state index in [9.17, 15) is 0 Å². The fourth-order valence-electron chi connectivity index (χ4n) is 1.59. The summed E-state index contributed by atoms with van der Waals surface area (Å²) in [7, 11) is 0. The number of allylic oxidation sites excluding steroid dienone is 2. The zero-order valence-corrected chi connectivity index (χ0v) is 10.3. The molecular weight excluding hydrogens is 275 g/mol. The predicted molar refractivity (Wildman–Crippen MR) is 65.7 cm³/mol. The quantitative estimate of drug-likeness (QED) is 0.486. The molecule has 1 fully saturated rings. The molecule has 0 aromatic carbocycles. The molecule has 0 saturated carbocycles. The molecule has 0 aliphatic carbocycles. The van der Waals surface area contributed by atoms with Crippen LogP contribution in [0, 0.1) is 0 Å². The van der Waals surface area contributed by atoms with E-state index in [1.54, 1.807) is 0 Å². The first-order valence-electron chi connectivity index (χ1n) is 4.79. The molecule has 0 unspecified atom stereocenters. The average molecular weight is 292 g/mol. The Hall–Kier alpha value is -0.0300. The molecule has 1 aliphatic heterocycles. The van der Waals surface area contributed by atoms with Gasteiger partial charge in [-0.2, -0.15) is 0 Å². The van der Waals surface area contributed by atoms with Crippen LogP contribution >= 0.6 is 22.9 Å². The third kappa shape index (κ3) is 3.68. The molecular formula is C10H17IN2. The Bertz CT molecular complexity index is 193. The van der Waals surface area contributed by atoms with Gasteiger partial charge in [-0.1, -0.05) is 6.08 Å². The van der Waals surface area contributed by atoms with Gasteiger partial charge in [-0.25, -0.2) is 0 Å². The predicted octanol–water partition coefficient (Wildman–Crippen LogP) is 2.48. The molecule has 1 saturated heterocycles. The van der Waals surface area contributed by atoms with E-state index in [4.69, 9.17) is 0 Å². The highest BCUT2D eigenvalue weighted by Gasteiger charge is 2.11. The molecule has 0 radical (unpaired) electrons. The average Bonchev–Trinajstić information content (AvgIpc) is 2.65. The number of nitrogens with zero attached hydrogens (tertiary/aromatic N) is 1. The van der Waals surface area contributed by atoms with Crippen LogP contribution in [0.1, 0.15) is 19.8 Å². The lowest BCUT2D eigenvalue weighted by Gasteiger charge is -2.18. The molecule has 0 bridgehead atoms. The monoisotopic (exact) mass is 292 g/mol. The highest BCUT2D eigenvalue weighted by molar-refractivity contribution is 14.1. The first kappa shape index (κ1) is 11.0. The summed E-state index contributed by atoms with van der Waals surface area (Å²) < 4.78 is 3.11. The Kier molecular flexibility index (Phi) is 5.46. The second kappa shape index (κ2) is 6.43. The van der Waals surface area contributed by atoms with Gasteiger partial charge in [-0.3, -0.25) is 3.53 Å². The van der Waals surface area contributed by atoms with E-state index in [1.807, 2.05) is 0 Å². The van der Waals surface area contributed by atoms with Crippen LogP contribution in [0.4, 0.5) is 0 Å². The summed E-state index contributed by atoms with van der Waals surface area (Å²) in [5.41, 5.74) is 1.36. The van der Waals surface area contributed by atoms with Crippen molar-refractivity contribution in [1.82, 2.24) is 8.43 Å². The minimum atomic E-state index is 0.941. The third-order valence-corrected chi connectivity index (χ3v) is 2.64. The maximum absolute atomic E-state index is 3.11. The van der Waals surface area contributed by atoms with Crippen LogP contribution in [0.15, 0.2) is 23.9 Å². The summed E-state index contributed by atoms with van der Waals surface area (Å²) >= 11 is 2.18. The number of nitrogens with one attached hydrogen (secondary N) is 1. The summed E-state index contributed by atoms with van der Waals surface area (Å²) in [6.07, 6.45) is 9.23. The normalized spacial score (nSPS) is 18.9. The Labute approximate surface area is 94.6 Å². The van der Waals surface area contributed by atoms with E-state index in [0.29, 0.717) is 0 Å². The van der Waals surface area contributed by atoms with Crippen molar-refractivity contribution in [2.45, 2.75) is 19.8 Å². The summed E-state index contributed by atoms with van der Waals surface area (Å²) in [6.45, 7) is 5.45. The van der Waals surface area contributed by atoms with E-state index >= 15 is 0 Å². The molecule has 0 spiro atoms. The molecule has 2 nitrogen and oxygen atoms in total. The van der Waals surface area contributed by atoms with Gasteiger partial charge in [0.15, 0.2) is 0 Å². The van der Waals surface area contributed by atoms with Crippen molar-refractivity contribution in [2.24, 2.45) is 0 Å². The van der Waals surface area contributed by atoms with E-state index in [1.165, 1.54) is 31.6 Å². The summed E-state index contributed by atoms with van der Waals surface area (Å²) in [4.78, 5) is 2.45. The highest BCUT2D eigenvalue weighted by Crippen LogP contribution is 2.15. The van der Waals surface area contributed by atoms with E-state index in [0.717, 1.165) is 6.54 Å². The lowest BCUT2D eigenvalue weighted by molar-refractivity contribution is 0.439. The van der Waals surface area contributed by atoms with Gasteiger partial charge in [-0.05, 0) is 31.9 Å². The Morgan fingerprint density at radius 1 is 1.46 bits per heavy atom. The van der Waals surface area contributed by atoms with Crippen LogP contribution in [-0.2, 0) is 0 Å². The minimum absolute atomic E-state index is 0.941. The van der Waals surface area contributed by atoms with Gasteiger partial charge in [-0.15, -0.1) is 0 Å². The van der Waals surface area contributed by atoms with Gasteiger partial charge in [0.2, 0.25) is 0 Å². The van der Waals surface area contributed by atoms with Crippen molar-refractivity contribution >= 4 is 22.9 Å². The van der Waals surface area contributed by atoms with Gasteiger partial charge in [0.05, 0.1) is 0 Å². The minimum Gasteiger partial charge on any atom is -0.372 e. The van der Waals surface area contributed by atoms with Gasteiger partial charge >= 0.3 is 0 Å². The van der Waals surface area contributed by atoms with Crippen LogP contribution in [0.5, 0.6) is 0 Å². The third-order valence-electron chi connectivity index (χ3n) is 2.20. The van der Waals surface area contributed by atoms with Crippen molar-refractivity contribution in [1.29, 1.82) is 0 Å². The number of hydrogen-bond donors (Lipinski definition) is 1. The molecule has 1 aliphatic rings. The molecule has 1 N–H and O–H groups in total. The van der Waals surface area contributed by atoms with E-state index in [2.05, 4.69) is 56.4 Å². The second-order valence-electron chi connectivity index (χ2n) is 3.16. The molecule has 3 heteroatoms. The maximum Gasteiger partial charge on any atom is 0.0335 e. The summed E-state index contributed by atoms with van der Waals surface area (Å²) in [5.74, 6) is 0. The fourth-order valence-corrected chi connectivity index (χ4v) is 1.81. The topological polar surface area (TPSA) is 15.3 Å². The van der Waals surface area contributed by atoms with Crippen LogP contribution in [0.25, 0.3) is 0 Å². The van der Waals surface area contributed by atoms with Gasteiger partial charge in [0.1, 0.15) is 0 Å². The lowest BCUT2D eigenvalue weighted by atomic mass is 10.3. The smallest absolute Gasteiger partial charge is 0.0335 e. The van der Waals surface area contributed by atoms with Crippen molar-refractivity contribution < 1.29 is 0 Å². The molecule has 1 heterocycles. The molecule has 74 valence electrons. The maximum atomic E-state index is 3.11. The van der Waals surface area contributed by atoms with Crippen molar-refractivity contribution in [3.8, 4) is 0 Å². The fraction of sp³-hybridized carbons (Fsp3) is 0.600. The highest BCUT2D eigenvalue weighted by atomic mass is 127. The molecule has 0 amide bonds. The number of likely N-dealkylation sites (tertiary alicyclic amines) is 1. The van der Waals surface area contributed by atoms with Gasteiger partial charge in [0.25, 0.3) is 0 Å². The molecule has 1 rings (SSSR count). The van der Waals surface area contributed by atoms with Crippen molar-refractivity contribution in [2.75, 3.05) is 19.6 Å². The first-order chi connectivity index (χ1) is 6.38. The lowest BCUT2D eigenvalue weighted by Crippen LogP contribution is -2.18. The SMILES string of the molecule is C/C=C\C(=C/CNI)N1CCCC1. The van der Waals surface area contributed by atoms with Gasteiger partial charge < -0.3 is 4.90 Å². The molecule has 0 aromatic heterocycles. The van der Waals surface area contributed by atoms with Crippen LogP contribution in [0.2, 0.25) is 0 Å². The zero-order valence-electron chi connectivity index (χ0n) is 8.09. The summed E-state index contributed by atoms with van der Waals surface area (Å²) in [5, 5.41) is 0. The van der Waals surface area contributed by atoms with E-state index in [-0.39, 0.29) is 0 Å². The van der Waals surface area contributed by atoms with Crippen molar-refractivity contribution in [3.63, 3.8) is 0 Å². The van der Waals surface area contributed by atoms with Gasteiger partial charge in [0, 0.05) is 48.2 Å². The number of halogens is 1. The van der Waals surface area contributed by atoms with Crippen molar-refractivity contribution in [3.05, 3.63) is 23.9 Å². The molecule has 0 aromatic rings. The molecule has 0 atom stereocenters. The van der Waals surface area contributed by atoms with Crippen LogP contribution < -0.4 is 3.53 Å². The Morgan fingerprint density at radius 3 is 2.69 bits per heavy atom.